The zero-order chi connectivity index (χ0) is 16.4. The van der Waals surface area contributed by atoms with Gasteiger partial charge in [0.15, 0.2) is 11.6 Å². The molecule has 0 aliphatic heterocycles. The van der Waals surface area contributed by atoms with Crippen LogP contribution in [-0.4, -0.2) is 23.1 Å². The summed E-state index contributed by atoms with van der Waals surface area (Å²) in [4.78, 5) is 23.3. The van der Waals surface area contributed by atoms with E-state index >= 15 is 0 Å². The predicted molar refractivity (Wildman–Crippen MR) is 81.8 cm³/mol. The number of aliphatic carboxylic acids is 1. The minimum absolute atomic E-state index is 0.0791. The lowest BCUT2D eigenvalue weighted by molar-refractivity contribution is -0.157. The lowest BCUT2D eigenvalue weighted by Gasteiger charge is -2.36. The lowest BCUT2D eigenvalue weighted by Crippen LogP contribution is -2.41. The van der Waals surface area contributed by atoms with Crippen molar-refractivity contribution in [1.82, 2.24) is 0 Å². The summed E-state index contributed by atoms with van der Waals surface area (Å²) in [6, 6.07) is 4.28. The summed E-state index contributed by atoms with van der Waals surface area (Å²) in [6.45, 7) is 0. The van der Waals surface area contributed by atoms with Crippen LogP contribution in [0.25, 0.3) is 0 Å². The number of amides is 1. The number of nitrogens with one attached hydrogen (secondary N) is 1. The summed E-state index contributed by atoms with van der Waals surface area (Å²) in [5.74, 6) is -1.67. The van der Waals surface area contributed by atoms with Gasteiger partial charge >= 0.3 is 5.97 Å². The molecule has 1 aromatic carbocycles. The van der Waals surface area contributed by atoms with E-state index in [0.717, 1.165) is 25.7 Å². The molecule has 2 aliphatic rings. The van der Waals surface area contributed by atoms with Gasteiger partial charge in [-0.1, -0.05) is 6.42 Å². The summed E-state index contributed by atoms with van der Waals surface area (Å²) in [7, 11) is 0. The molecule has 2 aliphatic carbocycles. The molecule has 2 saturated carbocycles. The molecule has 0 spiro atoms. The van der Waals surface area contributed by atoms with E-state index in [4.69, 9.17) is 4.74 Å². The third-order valence-electron chi connectivity index (χ3n) is 4.82. The van der Waals surface area contributed by atoms with Crippen molar-refractivity contribution >= 4 is 17.6 Å². The number of hydrogen-bond donors (Lipinski definition) is 2. The van der Waals surface area contributed by atoms with E-state index in [1.165, 1.54) is 12.1 Å². The maximum absolute atomic E-state index is 14.0. The third-order valence-corrected chi connectivity index (χ3v) is 4.82. The van der Waals surface area contributed by atoms with Crippen LogP contribution in [0.4, 0.5) is 10.1 Å². The van der Waals surface area contributed by atoms with Crippen molar-refractivity contribution in [3.63, 3.8) is 0 Å². The van der Waals surface area contributed by atoms with Gasteiger partial charge in [0, 0.05) is 18.2 Å². The quantitative estimate of drug-likeness (QED) is 0.842. The number of benzene rings is 1. The minimum Gasteiger partial charge on any atom is -0.487 e. The number of halogens is 1. The largest absolute Gasteiger partial charge is 0.487 e. The Labute approximate surface area is 133 Å². The van der Waals surface area contributed by atoms with Crippen molar-refractivity contribution in [3.8, 4) is 5.75 Å². The summed E-state index contributed by atoms with van der Waals surface area (Å²) in [5, 5.41) is 11.8. The number of hydrogen-bond acceptors (Lipinski definition) is 3. The first-order valence-electron chi connectivity index (χ1n) is 7.98. The molecule has 1 amide bonds. The van der Waals surface area contributed by atoms with Crippen LogP contribution in [0.3, 0.4) is 0 Å². The van der Waals surface area contributed by atoms with Gasteiger partial charge < -0.3 is 15.2 Å². The van der Waals surface area contributed by atoms with Gasteiger partial charge in [0.1, 0.15) is 0 Å². The molecular weight excluding hydrogens is 301 g/mol. The monoisotopic (exact) mass is 321 g/mol. The van der Waals surface area contributed by atoms with Gasteiger partial charge in [-0.05, 0) is 44.2 Å². The molecular formula is C17H20FNO4. The molecule has 3 rings (SSSR count). The second-order valence-electron chi connectivity index (χ2n) is 6.48. The number of carboxylic acids is 1. The Balaban J connectivity index is 1.60. The first-order valence-corrected chi connectivity index (χ1v) is 7.98. The molecule has 1 aromatic rings. The fourth-order valence-electron chi connectivity index (χ4n) is 2.92. The number of anilines is 1. The predicted octanol–water partition coefficient (Wildman–Crippen LogP) is 3.34. The lowest BCUT2D eigenvalue weighted by atomic mass is 9.66. The first kappa shape index (κ1) is 15.8. The molecule has 6 heteroatoms. The molecule has 0 bridgehead atoms. The van der Waals surface area contributed by atoms with Crippen molar-refractivity contribution in [2.75, 3.05) is 5.32 Å². The highest BCUT2D eigenvalue weighted by atomic mass is 19.1. The second-order valence-corrected chi connectivity index (χ2v) is 6.48. The maximum atomic E-state index is 14.0. The zero-order valence-electron chi connectivity index (χ0n) is 12.8. The summed E-state index contributed by atoms with van der Waals surface area (Å²) in [5.41, 5.74) is -0.635. The van der Waals surface area contributed by atoms with Crippen molar-refractivity contribution < 1.29 is 23.8 Å². The Morgan fingerprint density at radius 3 is 2.52 bits per heavy atom. The first-order chi connectivity index (χ1) is 11.0. The number of ether oxygens (including phenoxy) is 1. The van der Waals surface area contributed by atoms with Crippen LogP contribution in [-0.2, 0) is 9.59 Å². The van der Waals surface area contributed by atoms with Gasteiger partial charge in [-0.15, -0.1) is 0 Å². The van der Waals surface area contributed by atoms with Gasteiger partial charge in [0.25, 0.3) is 0 Å². The third kappa shape index (κ3) is 3.30. The van der Waals surface area contributed by atoms with Crippen molar-refractivity contribution in [2.24, 2.45) is 5.41 Å². The van der Waals surface area contributed by atoms with Crippen molar-refractivity contribution in [1.29, 1.82) is 0 Å². The fourth-order valence-corrected chi connectivity index (χ4v) is 2.92. The Hall–Kier alpha value is -2.11. The van der Waals surface area contributed by atoms with E-state index in [1.54, 1.807) is 6.07 Å². The molecule has 2 fully saturated rings. The normalized spacial score (nSPS) is 19.3. The van der Waals surface area contributed by atoms with Gasteiger partial charge in [0.05, 0.1) is 11.5 Å². The van der Waals surface area contributed by atoms with Crippen LogP contribution in [0.15, 0.2) is 18.2 Å². The van der Waals surface area contributed by atoms with Gasteiger partial charge in [-0.25, -0.2) is 4.39 Å². The van der Waals surface area contributed by atoms with Crippen LogP contribution in [0.5, 0.6) is 5.75 Å². The molecule has 0 saturated heterocycles. The standard InChI is InChI=1S/C17H20FNO4/c18-13-9-11(5-6-14(13)23-12-3-1-4-12)19-15(20)10-17(16(21)22)7-2-8-17/h5-6,9,12H,1-4,7-8,10H2,(H,19,20)(H,21,22). The van der Waals surface area contributed by atoms with Crippen LogP contribution in [0, 0.1) is 11.2 Å². The van der Waals surface area contributed by atoms with E-state index in [0.29, 0.717) is 18.5 Å². The van der Waals surface area contributed by atoms with E-state index in [9.17, 15) is 19.1 Å². The molecule has 124 valence electrons. The summed E-state index contributed by atoms with van der Waals surface area (Å²) in [6.07, 6.45) is 4.83. The Morgan fingerprint density at radius 2 is 2.04 bits per heavy atom. The SMILES string of the molecule is O=C(CC1(C(=O)O)CCC1)Nc1ccc(OC2CCC2)c(F)c1. The zero-order valence-corrected chi connectivity index (χ0v) is 12.8. The molecule has 0 radical (unpaired) electrons. The van der Waals surface area contributed by atoms with Crippen molar-refractivity contribution in [2.45, 2.75) is 51.0 Å². The number of carboxylic acid groups (broad SMARTS) is 1. The smallest absolute Gasteiger partial charge is 0.310 e. The number of carbonyl (C=O) groups excluding carboxylic acids is 1. The molecule has 0 heterocycles. The fraction of sp³-hybridized carbons (Fsp3) is 0.529. The van der Waals surface area contributed by atoms with Gasteiger partial charge in [0.2, 0.25) is 5.91 Å². The highest BCUT2D eigenvalue weighted by molar-refractivity contribution is 5.94. The second kappa shape index (κ2) is 6.18. The Morgan fingerprint density at radius 1 is 1.30 bits per heavy atom. The maximum Gasteiger partial charge on any atom is 0.310 e. The van der Waals surface area contributed by atoms with Crippen LogP contribution in [0.2, 0.25) is 0 Å². The van der Waals surface area contributed by atoms with E-state index in [2.05, 4.69) is 5.32 Å². The molecule has 5 nitrogen and oxygen atoms in total. The highest BCUT2D eigenvalue weighted by Gasteiger charge is 2.45. The molecule has 0 atom stereocenters. The Kier molecular flexibility index (Phi) is 4.24. The van der Waals surface area contributed by atoms with Crippen LogP contribution in [0.1, 0.15) is 44.9 Å². The molecule has 0 aromatic heterocycles. The van der Waals surface area contributed by atoms with Crippen molar-refractivity contribution in [3.05, 3.63) is 24.0 Å². The highest BCUT2D eigenvalue weighted by Crippen LogP contribution is 2.44. The van der Waals surface area contributed by atoms with Gasteiger partial charge in [-0.3, -0.25) is 9.59 Å². The molecule has 2 N–H and O–H groups in total. The number of carbonyl (C=O) groups is 2. The minimum atomic E-state index is -0.949. The molecule has 0 unspecified atom stereocenters. The average molecular weight is 321 g/mol. The van der Waals surface area contributed by atoms with E-state index < -0.39 is 23.1 Å². The average Bonchev–Trinajstić information content (AvgIpc) is 2.39. The summed E-state index contributed by atoms with van der Waals surface area (Å²) >= 11 is 0. The van der Waals surface area contributed by atoms with Gasteiger partial charge in [-0.2, -0.15) is 0 Å². The van der Waals surface area contributed by atoms with Crippen LogP contribution < -0.4 is 10.1 Å². The van der Waals surface area contributed by atoms with E-state index in [1.807, 2.05) is 0 Å². The van der Waals surface area contributed by atoms with E-state index in [-0.39, 0.29) is 18.3 Å². The topological polar surface area (TPSA) is 75.6 Å². The summed E-state index contributed by atoms with van der Waals surface area (Å²) < 4.78 is 19.5. The Bertz CT molecular complexity index is 623. The molecule has 23 heavy (non-hydrogen) atoms. The number of rotatable bonds is 6. The van der Waals surface area contributed by atoms with Crippen LogP contribution >= 0.6 is 0 Å².